The van der Waals surface area contributed by atoms with Crippen LogP contribution in [0.3, 0.4) is 0 Å². The van der Waals surface area contributed by atoms with Crippen molar-refractivity contribution in [2.45, 2.75) is 26.1 Å². The maximum Gasteiger partial charge on any atom is 0.436 e. The highest BCUT2D eigenvalue weighted by Crippen LogP contribution is 2.36. The second-order valence-corrected chi connectivity index (χ2v) is 3.77. The van der Waals surface area contributed by atoms with Gasteiger partial charge < -0.3 is 4.74 Å². The molecule has 0 unspecified atom stereocenters. The van der Waals surface area contributed by atoms with Crippen molar-refractivity contribution in [3.63, 3.8) is 0 Å². The molecule has 1 aromatic rings. The lowest BCUT2D eigenvalue weighted by Gasteiger charge is -2.11. The molecule has 4 nitrogen and oxygen atoms in total. The van der Waals surface area contributed by atoms with Gasteiger partial charge in [-0.1, -0.05) is 11.6 Å². The van der Waals surface area contributed by atoms with Crippen molar-refractivity contribution in [3.8, 4) is 0 Å². The molecule has 0 aliphatic rings. The SMILES string of the molecule is COC(=O)[C@H](C)n1nc(C(F)(F)F)c(Cl)c1C. The molecule has 1 aromatic heterocycles. The Hall–Kier alpha value is -1.24. The van der Waals surface area contributed by atoms with Crippen molar-refractivity contribution < 1.29 is 22.7 Å². The van der Waals surface area contributed by atoms with Crippen molar-refractivity contribution in [3.05, 3.63) is 16.4 Å². The van der Waals surface area contributed by atoms with Crippen LogP contribution in [-0.2, 0) is 15.7 Å². The van der Waals surface area contributed by atoms with Crippen LogP contribution in [0.5, 0.6) is 0 Å². The normalized spacial score (nSPS) is 13.6. The number of hydrogen-bond acceptors (Lipinski definition) is 3. The summed E-state index contributed by atoms with van der Waals surface area (Å²) in [6.45, 7) is 2.73. The number of nitrogens with zero attached hydrogens (tertiary/aromatic N) is 2. The molecule has 0 saturated carbocycles. The second-order valence-electron chi connectivity index (χ2n) is 3.39. The Morgan fingerprint density at radius 1 is 1.53 bits per heavy atom. The second kappa shape index (κ2) is 4.56. The van der Waals surface area contributed by atoms with Gasteiger partial charge in [-0.2, -0.15) is 18.3 Å². The third-order valence-corrected chi connectivity index (χ3v) is 2.71. The molecule has 0 bridgehead atoms. The summed E-state index contributed by atoms with van der Waals surface area (Å²) in [7, 11) is 1.14. The number of esters is 1. The number of ether oxygens (including phenoxy) is 1. The van der Waals surface area contributed by atoms with Crippen LogP contribution in [-0.4, -0.2) is 22.9 Å². The summed E-state index contributed by atoms with van der Waals surface area (Å²) < 4.78 is 42.9. The fourth-order valence-corrected chi connectivity index (χ4v) is 1.56. The average molecular weight is 271 g/mol. The van der Waals surface area contributed by atoms with Gasteiger partial charge in [0.05, 0.1) is 17.8 Å². The molecule has 96 valence electrons. The maximum absolute atomic E-state index is 12.5. The van der Waals surface area contributed by atoms with Crippen LogP contribution in [0.2, 0.25) is 5.02 Å². The molecule has 0 fully saturated rings. The number of carbonyl (C=O) groups excluding carboxylic acids is 1. The number of hydrogen-bond donors (Lipinski definition) is 0. The molecule has 17 heavy (non-hydrogen) atoms. The maximum atomic E-state index is 12.5. The summed E-state index contributed by atoms with van der Waals surface area (Å²) in [6.07, 6.45) is -4.65. The molecule has 0 radical (unpaired) electrons. The van der Waals surface area contributed by atoms with Crippen molar-refractivity contribution in [1.82, 2.24) is 9.78 Å². The fourth-order valence-electron chi connectivity index (χ4n) is 1.33. The van der Waals surface area contributed by atoms with E-state index >= 15 is 0 Å². The highest BCUT2D eigenvalue weighted by Gasteiger charge is 2.39. The standard InChI is InChI=1S/C9H10ClF3N2O2/c1-4-6(10)7(9(11,12)13)14-15(4)5(2)8(16)17-3/h5H,1-3H3/t5-/m0/s1. The Morgan fingerprint density at radius 2 is 2.06 bits per heavy atom. The first kappa shape index (κ1) is 13.8. The predicted octanol–water partition coefficient (Wildman–Crippen LogP) is 2.60. The summed E-state index contributed by atoms with van der Waals surface area (Å²) in [5.74, 6) is -0.694. The van der Waals surface area contributed by atoms with Crippen molar-refractivity contribution in [2.24, 2.45) is 0 Å². The largest absolute Gasteiger partial charge is 0.467 e. The van der Waals surface area contributed by atoms with Crippen LogP contribution in [0.1, 0.15) is 24.4 Å². The molecule has 0 aromatic carbocycles. The Bertz CT molecular complexity index is 442. The van der Waals surface area contributed by atoms with Gasteiger partial charge in [-0.15, -0.1) is 0 Å². The minimum absolute atomic E-state index is 0.0666. The van der Waals surface area contributed by atoms with Gasteiger partial charge in [0.15, 0.2) is 5.69 Å². The van der Waals surface area contributed by atoms with Crippen LogP contribution in [0, 0.1) is 6.92 Å². The minimum Gasteiger partial charge on any atom is -0.467 e. The van der Waals surface area contributed by atoms with Crippen molar-refractivity contribution >= 4 is 17.6 Å². The lowest BCUT2D eigenvalue weighted by atomic mass is 10.3. The van der Waals surface area contributed by atoms with E-state index < -0.39 is 28.9 Å². The molecule has 0 aliphatic carbocycles. The van der Waals surface area contributed by atoms with Gasteiger partial charge in [0.1, 0.15) is 6.04 Å². The van der Waals surface area contributed by atoms with E-state index in [1.807, 2.05) is 0 Å². The number of alkyl halides is 3. The Morgan fingerprint density at radius 3 is 2.41 bits per heavy atom. The molecule has 1 heterocycles. The zero-order valence-corrected chi connectivity index (χ0v) is 10.1. The molecule has 0 N–H and O–H groups in total. The van der Waals surface area contributed by atoms with E-state index in [4.69, 9.17) is 11.6 Å². The van der Waals surface area contributed by atoms with Crippen LogP contribution in [0.25, 0.3) is 0 Å². The third-order valence-electron chi connectivity index (χ3n) is 2.25. The quantitative estimate of drug-likeness (QED) is 0.776. The fraction of sp³-hybridized carbons (Fsp3) is 0.556. The molecular formula is C9H10ClF3N2O2. The Balaban J connectivity index is 3.25. The van der Waals surface area contributed by atoms with Gasteiger partial charge >= 0.3 is 12.1 Å². The Kier molecular flexibility index (Phi) is 3.71. The first-order chi connectivity index (χ1) is 7.70. The van der Waals surface area contributed by atoms with Crippen molar-refractivity contribution in [2.75, 3.05) is 7.11 Å². The smallest absolute Gasteiger partial charge is 0.436 e. The number of carbonyl (C=O) groups is 1. The van der Waals surface area contributed by atoms with Gasteiger partial charge in [-0.25, -0.2) is 4.79 Å². The Labute approximate surface area is 100 Å². The molecule has 0 aliphatic heterocycles. The van der Waals surface area contributed by atoms with E-state index in [-0.39, 0.29) is 5.69 Å². The summed E-state index contributed by atoms with van der Waals surface area (Å²) in [6, 6.07) is -0.964. The highest BCUT2D eigenvalue weighted by molar-refractivity contribution is 6.32. The van der Waals surface area contributed by atoms with Gasteiger partial charge in [0.2, 0.25) is 0 Å². The first-order valence-corrected chi connectivity index (χ1v) is 4.97. The summed E-state index contributed by atoms with van der Waals surface area (Å²) in [5, 5.41) is 2.80. The topological polar surface area (TPSA) is 44.1 Å². The molecule has 1 rings (SSSR count). The number of rotatable bonds is 2. The van der Waals surface area contributed by atoms with Crippen molar-refractivity contribution in [1.29, 1.82) is 0 Å². The average Bonchev–Trinajstić information content (AvgIpc) is 2.53. The monoisotopic (exact) mass is 270 g/mol. The lowest BCUT2D eigenvalue weighted by Crippen LogP contribution is -2.20. The molecule has 8 heteroatoms. The van der Waals surface area contributed by atoms with Gasteiger partial charge in [0, 0.05) is 0 Å². The molecule has 0 amide bonds. The first-order valence-electron chi connectivity index (χ1n) is 4.59. The van der Waals surface area contributed by atoms with E-state index in [1.54, 1.807) is 0 Å². The summed E-state index contributed by atoms with van der Waals surface area (Å²) in [4.78, 5) is 11.2. The van der Waals surface area contributed by atoms with Crippen LogP contribution in [0.15, 0.2) is 0 Å². The highest BCUT2D eigenvalue weighted by atomic mass is 35.5. The van der Waals surface area contributed by atoms with Gasteiger partial charge in [-0.05, 0) is 13.8 Å². The van der Waals surface area contributed by atoms with E-state index in [0.29, 0.717) is 0 Å². The zero-order valence-electron chi connectivity index (χ0n) is 9.30. The zero-order chi connectivity index (χ0) is 13.4. The van der Waals surface area contributed by atoms with Crippen LogP contribution >= 0.6 is 11.6 Å². The molecule has 0 spiro atoms. The predicted molar refractivity (Wildman–Crippen MR) is 53.7 cm³/mol. The van der Waals surface area contributed by atoms with Crippen LogP contribution in [0.4, 0.5) is 13.2 Å². The third kappa shape index (κ3) is 2.54. The number of methoxy groups -OCH3 is 1. The minimum atomic E-state index is -4.65. The van der Waals surface area contributed by atoms with E-state index in [2.05, 4.69) is 9.84 Å². The molecular weight excluding hydrogens is 261 g/mol. The summed E-state index contributed by atoms with van der Waals surface area (Å²) in [5.41, 5.74) is -1.13. The van der Waals surface area contributed by atoms with E-state index in [1.165, 1.54) is 13.8 Å². The lowest BCUT2D eigenvalue weighted by molar-refractivity contribution is -0.146. The van der Waals surface area contributed by atoms with E-state index in [9.17, 15) is 18.0 Å². The molecule has 1 atom stereocenters. The summed E-state index contributed by atoms with van der Waals surface area (Å²) >= 11 is 5.54. The van der Waals surface area contributed by atoms with E-state index in [0.717, 1.165) is 11.8 Å². The van der Waals surface area contributed by atoms with Gasteiger partial charge in [-0.3, -0.25) is 4.68 Å². The molecule has 0 saturated heterocycles. The number of aromatic nitrogens is 2. The van der Waals surface area contributed by atoms with Crippen LogP contribution < -0.4 is 0 Å². The number of halogens is 4. The van der Waals surface area contributed by atoms with Gasteiger partial charge in [0.25, 0.3) is 0 Å².